The summed E-state index contributed by atoms with van der Waals surface area (Å²) in [5.41, 5.74) is -0.819. The first-order valence-corrected chi connectivity index (χ1v) is 10.8. The van der Waals surface area contributed by atoms with E-state index in [1.807, 2.05) is 0 Å². The molecular formula is C22H21F4N5O3. The number of hydrogen-bond donors (Lipinski definition) is 2. The zero-order valence-electron chi connectivity index (χ0n) is 18.0. The van der Waals surface area contributed by atoms with E-state index in [1.165, 1.54) is 12.3 Å². The number of alkyl halides is 4. The van der Waals surface area contributed by atoms with Gasteiger partial charge >= 0.3 is 6.18 Å². The summed E-state index contributed by atoms with van der Waals surface area (Å²) in [6.07, 6.45) is -3.24. The summed E-state index contributed by atoms with van der Waals surface area (Å²) in [6.45, 7) is 0. The lowest BCUT2D eigenvalue weighted by molar-refractivity contribution is -0.130. The van der Waals surface area contributed by atoms with E-state index in [2.05, 4.69) is 20.5 Å². The Hall–Kier alpha value is -3.28. The number of anilines is 1. The Balaban J connectivity index is 1.42. The van der Waals surface area contributed by atoms with Crippen LogP contribution in [-0.4, -0.2) is 57.8 Å². The SMILES string of the molecule is CN(c1cnc(-c2cc3c(=O)cc(CC(F)(F)F)oc3cc2O)nn1)[C@H]1CC2CCC(N2)[C@H]1F. The number of nitrogens with one attached hydrogen (secondary N) is 1. The quantitative estimate of drug-likeness (QED) is 0.550. The maximum Gasteiger partial charge on any atom is 0.396 e. The van der Waals surface area contributed by atoms with Crippen molar-refractivity contribution in [1.82, 2.24) is 20.5 Å². The molecule has 2 aliphatic heterocycles. The fraction of sp³-hybridized carbons (Fsp3) is 0.455. The van der Waals surface area contributed by atoms with E-state index < -0.39 is 30.0 Å². The van der Waals surface area contributed by atoms with Crippen LogP contribution in [0.2, 0.25) is 0 Å². The number of aromatic hydroxyl groups is 1. The summed E-state index contributed by atoms with van der Waals surface area (Å²) in [5, 5.41) is 21.8. The highest BCUT2D eigenvalue weighted by Gasteiger charge is 2.44. The lowest BCUT2D eigenvalue weighted by atomic mass is 9.96. The maximum absolute atomic E-state index is 14.9. The molecule has 0 amide bonds. The number of halogens is 4. The van der Waals surface area contributed by atoms with Gasteiger partial charge in [0, 0.05) is 31.3 Å². The van der Waals surface area contributed by atoms with Crippen molar-refractivity contribution in [2.24, 2.45) is 0 Å². The van der Waals surface area contributed by atoms with Crippen LogP contribution in [0.15, 0.2) is 33.6 Å². The van der Waals surface area contributed by atoms with E-state index in [0.29, 0.717) is 12.2 Å². The van der Waals surface area contributed by atoms with Crippen LogP contribution in [0.25, 0.3) is 22.4 Å². The lowest BCUT2D eigenvalue weighted by Gasteiger charge is -2.38. The Morgan fingerprint density at radius 1 is 1.24 bits per heavy atom. The van der Waals surface area contributed by atoms with Gasteiger partial charge in [-0.3, -0.25) is 4.79 Å². The van der Waals surface area contributed by atoms with Gasteiger partial charge in [0.2, 0.25) is 0 Å². The summed E-state index contributed by atoms with van der Waals surface area (Å²) in [5.74, 6) is -0.590. The fourth-order valence-electron chi connectivity index (χ4n) is 4.78. The molecule has 2 saturated heterocycles. The number of rotatable bonds is 4. The molecule has 2 bridgehead atoms. The van der Waals surface area contributed by atoms with Crippen LogP contribution < -0.4 is 15.6 Å². The highest BCUT2D eigenvalue weighted by atomic mass is 19.4. The molecule has 2 unspecified atom stereocenters. The third-order valence-electron chi connectivity index (χ3n) is 6.47. The molecule has 1 aromatic carbocycles. The third kappa shape index (κ3) is 4.17. The molecule has 0 spiro atoms. The van der Waals surface area contributed by atoms with Crippen molar-refractivity contribution >= 4 is 16.8 Å². The minimum absolute atomic E-state index is 0.00232. The summed E-state index contributed by atoms with van der Waals surface area (Å²) in [7, 11) is 1.73. The smallest absolute Gasteiger partial charge is 0.396 e. The number of benzene rings is 1. The average molecular weight is 479 g/mol. The van der Waals surface area contributed by atoms with Gasteiger partial charge in [0.15, 0.2) is 17.1 Å². The molecule has 0 radical (unpaired) electrons. The van der Waals surface area contributed by atoms with Crippen LogP contribution >= 0.6 is 0 Å². The van der Waals surface area contributed by atoms with E-state index in [9.17, 15) is 27.5 Å². The Labute approximate surface area is 190 Å². The molecule has 0 saturated carbocycles. The molecule has 180 valence electrons. The van der Waals surface area contributed by atoms with Gasteiger partial charge < -0.3 is 19.7 Å². The van der Waals surface area contributed by atoms with Crippen molar-refractivity contribution in [1.29, 1.82) is 0 Å². The maximum atomic E-state index is 14.9. The van der Waals surface area contributed by atoms with E-state index in [0.717, 1.165) is 25.0 Å². The molecule has 5 rings (SSSR count). The van der Waals surface area contributed by atoms with Crippen LogP contribution in [0.5, 0.6) is 5.75 Å². The van der Waals surface area contributed by atoms with Gasteiger partial charge in [0.25, 0.3) is 0 Å². The number of phenolic OH excluding ortho intramolecular Hbond substituents is 1. The number of piperidine rings is 1. The first kappa shape index (κ1) is 22.5. The Morgan fingerprint density at radius 2 is 2.03 bits per heavy atom. The number of phenols is 1. The molecule has 2 fully saturated rings. The standard InChI is InChI=1S/C22H21F4N5O3/c1-31(15-4-10-2-3-14(28-10)20(15)23)19-9-27-21(30-29-19)13-6-12-16(32)5-11(8-22(24,25)26)34-18(12)7-17(13)33/h5-7,9-10,14-15,20,28,33H,2-4,8H2,1H3/t10?,14?,15-,20+/m0/s1. The van der Waals surface area contributed by atoms with Crippen molar-refractivity contribution in [3.63, 3.8) is 0 Å². The molecular weight excluding hydrogens is 458 g/mol. The topological polar surface area (TPSA) is 104 Å². The monoisotopic (exact) mass is 479 g/mol. The minimum Gasteiger partial charge on any atom is -0.507 e. The van der Waals surface area contributed by atoms with E-state index in [4.69, 9.17) is 4.42 Å². The molecule has 2 aromatic heterocycles. The molecule has 4 heterocycles. The Morgan fingerprint density at radius 3 is 2.74 bits per heavy atom. The van der Waals surface area contributed by atoms with Gasteiger partial charge in [-0.1, -0.05) is 0 Å². The van der Waals surface area contributed by atoms with Gasteiger partial charge in [-0.15, -0.1) is 10.2 Å². The van der Waals surface area contributed by atoms with Crippen molar-refractivity contribution in [2.45, 2.75) is 56.2 Å². The highest BCUT2D eigenvalue weighted by Crippen LogP contribution is 2.34. The summed E-state index contributed by atoms with van der Waals surface area (Å²) in [6, 6.07) is 2.79. The zero-order chi connectivity index (χ0) is 24.2. The average Bonchev–Trinajstić information content (AvgIpc) is 3.18. The normalized spacial score (nSPS) is 24.5. The van der Waals surface area contributed by atoms with Crippen LogP contribution in [0.1, 0.15) is 25.0 Å². The predicted octanol–water partition coefficient (Wildman–Crippen LogP) is 3.12. The Kier molecular flexibility index (Phi) is 5.42. The molecule has 3 aromatic rings. The summed E-state index contributed by atoms with van der Waals surface area (Å²) < 4.78 is 58.0. The molecule has 12 heteroatoms. The van der Waals surface area contributed by atoms with Crippen LogP contribution in [0.3, 0.4) is 0 Å². The van der Waals surface area contributed by atoms with E-state index in [-0.39, 0.29) is 46.2 Å². The molecule has 2 aliphatic rings. The zero-order valence-corrected chi connectivity index (χ0v) is 18.0. The van der Waals surface area contributed by atoms with Crippen LogP contribution in [-0.2, 0) is 6.42 Å². The molecule has 8 nitrogen and oxygen atoms in total. The van der Waals surface area contributed by atoms with Gasteiger partial charge in [-0.05, 0) is 25.3 Å². The van der Waals surface area contributed by atoms with Crippen molar-refractivity contribution in [3.8, 4) is 17.1 Å². The van der Waals surface area contributed by atoms with Crippen LogP contribution in [0.4, 0.5) is 23.4 Å². The summed E-state index contributed by atoms with van der Waals surface area (Å²) >= 11 is 0. The molecule has 34 heavy (non-hydrogen) atoms. The first-order chi connectivity index (χ1) is 16.1. The molecule has 0 aliphatic carbocycles. The third-order valence-corrected chi connectivity index (χ3v) is 6.47. The minimum atomic E-state index is -4.55. The first-order valence-electron chi connectivity index (χ1n) is 10.8. The van der Waals surface area contributed by atoms with Crippen LogP contribution in [0, 0.1) is 0 Å². The van der Waals surface area contributed by atoms with Gasteiger partial charge in [-0.25, -0.2) is 9.37 Å². The van der Waals surface area contributed by atoms with Crippen molar-refractivity contribution in [2.75, 3.05) is 11.9 Å². The van der Waals surface area contributed by atoms with Crippen molar-refractivity contribution in [3.05, 3.63) is 40.4 Å². The number of aromatic nitrogens is 3. The van der Waals surface area contributed by atoms with E-state index >= 15 is 0 Å². The highest BCUT2D eigenvalue weighted by molar-refractivity contribution is 5.85. The second-order valence-corrected chi connectivity index (χ2v) is 8.78. The number of fused-ring (bicyclic) bond motifs is 3. The van der Waals surface area contributed by atoms with Crippen molar-refractivity contribution < 1.29 is 27.1 Å². The van der Waals surface area contributed by atoms with E-state index in [1.54, 1.807) is 11.9 Å². The summed E-state index contributed by atoms with van der Waals surface area (Å²) in [4.78, 5) is 18.3. The number of nitrogens with zero attached hydrogens (tertiary/aromatic N) is 4. The second kappa shape index (κ2) is 8.19. The lowest BCUT2D eigenvalue weighted by Crippen LogP contribution is -2.55. The van der Waals surface area contributed by atoms with Gasteiger partial charge in [-0.2, -0.15) is 13.2 Å². The van der Waals surface area contributed by atoms with Gasteiger partial charge in [0.05, 0.1) is 23.2 Å². The molecule has 4 atom stereocenters. The van der Waals surface area contributed by atoms with Gasteiger partial charge in [0.1, 0.15) is 29.7 Å². The second-order valence-electron chi connectivity index (χ2n) is 8.78. The largest absolute Gasteiger partial charge is 0.507 e. The predicted molar refractivity (Wildman–Crippen MR) is 114 cm³/mol. The number of hydrogen-bond acceptors (Lipinski definition) is 8. The Bertz CT molecular complexity index is 1280. The molecule has 2 N–H and O–H groups in total. The fourth-order valence-corrected chi connectivity index (χ4v) is 4.78.